The van der Waals surface area contributed by atoms with E-state index in [1.54, 1.807) is 24.3 Å². The second kappa shape index (κ2) is 6.52. The van der Waals surface area contributed by atoms with Crippen molar-refractivity contribution in [2.24, 2.45) is 0 Å². The topological polar surface area (TPSA) is 117 Å². The van der Waals surface area contributed by atoms with Crippen LogP contribution < -0.4 is 5.73 Å². The molecule has 0 spiro atoms. The highest BCUT2D eigenvalue weighted by Gasteiger charge is 2.17. The lowest BCUT2D eigenvalue weighted by Crippen LogP contribution is -2.07. The number of nitrogens with zero attached hydrogens (tertiary/aromatic N) is 5. The molecule has 0 amide bonds. The minimum atomic E-state index is -0.533. The Morgan fingerprint density at radius 2 is 1.92 bits per heavy atom. The van der Waals surface area contributed by atoms with Crippen LogP contribution >= 0.6 is 11.6 Å². The summed E-state index contributed by atoms with van der Waals surface area (Å²) in [7, 11) is 0. The maximum Gasteiger partial charge on any atom is 0.294 e. The van der Waals surface area contributed by atoms with Gasteiger partial charge in [0, 0.05) is 6.42 Å². The predicted molar refractivity (Wildman–Crippen MR) is 89.4 cm³/mol. The van der Waals surface area contributed by atoms with Crippen LogP contribution in [0.1, 0.15) is 11.4 Å². The molecular formula is C16H10ClFN6O2. The van der Waals surface area contributed by atoms with Crippen molar-refractivity contribution in [3.63, 3.8) is 0 Å². The molecule has 3 aromatic heterocycles. The predicted octanol–water partition coefficient (Wildman–Crippen LogP) is 3.15. The molecule has 0 saturated carbocycles. The van der Waals surface area contributed by atoms with E-state index in [2.05, 4.69) is 25.1 Å². The minimum Gasteiger partial charge on any atom is -0.459 e. The van der Waals surface area contributed by atoms with Gasteiger partial charge < -0.3 is 14.7 Å². The van der Waals surface area contributed by atoms with Gasteiger partial charge in [-0.3, -0.25) is 0 Å². The quantitative estimate of drug-likeness (QED) is 0.580. The van der Waals surface area contributed by atoms with Crippen molar-refractivity contribution >= 4 is 17.5 Å². The summed E-state index contributed by atoms with van der Waals surface area (Å²) in [5, 5.41) is 3.83. The molecule has 8 nitrogen and oxygen atoms in total. The number of halogens is 2. The maximum atomic E-state index is 14.1. The summed E-state index contributed by atoms with van der Waals surface area (Å²) in [6.07, 6.45) is 1.56. The van der Waals surface area contributed by atoms with Gasteiger partial charge in [0.05, 0.1) is 11.3 Å². The van der Waals surface area contributed by atoms with E-state index in [0.717, 1.165) is 0 Å². The Balaban J connectivity index is 1.67. The van der Waals surface area contributed by atoms with Gasteiger partial charge in [0.15, 0.2) is 5.76 Å². The Kier molecular flexibility index (Phi) is 4.05. The van der Waals surface area contributed by atoms with Gasteiger partial charge in [-0.15, -0.1) is 0 Å². The van der Waals surface area contributed by atoms with Crippen molar-refractivity contribution in [3.8, 4) is 23.3 Å². The van der Waals surface area contributed by atoms with Crippen molar-refractivity contribution in [2.75, 3.05) is 5.73 Å². The summed E-state index contributed by atoms with van der Waals surface area (Å²) >= 11 is 5.80. The normalized spacial score (nSPS) is 11.0. The van der Waals surface area contributed by atoms with Crippen LogP contribution in [0.3, 0.4) is 0 Å². The van der Waals surface area contributed by atoms with Gasteiger partial charge in [-0.1, -0.05) is 28.9 Å². The highest BCUT2D eigenvalue weighted by atomic mass is 35.5. The first kappa shape index (κ1) is 16.2. The molecule has 130 valence electrons. The largest absolute Gasteiger partial charge is 0.459 e. The zero-order chi connectivity index (χ0) is 18.1. The molecule has 2 N–H and O–H groups in total. The van der Waals surface area contributed by atoms with Gasteiger partial charge in [-0.05, 0) is 23.8 Å². The van der Waals surface area contributed by atoms with Crippen LogP contribution in [0.2, 0.25) is 5.02 Å². The lowest BCUT2D eigenvalue weighted by molar-refractivity contribution is 0.416. The van der Waals surface area contributed by atoms with E-state index in [9.17, 15) is 4.39 Å². The van der Waals surface area contributed by atoms with E-state index in [4.69, 9.17) is 26.3 Å². The summed E-state index contributed by atoms with van der Waals surface area (Å²) in [5.74, 6) is 0.470. The van der Waals surface area contributed by atoms with E-state index in [-0.39, 0.29) is 40.8 Å². The molecule has 4 rings (SSSR count). The van der Waals surface area contributed by atoms with Crippen molar-refractivity contribution in [1.82, 2.24) is 25.1 Å². The molecule has 0 bridgehead atoms. The highest BCUT2D eigenvalue weighted by Crippen LogP contribution is 2.22. The number of anilines is 1. The zero-order valence-corrected chi connectivity index (χ0v) is 13.8. The van der Waals surface area contributed by atoms with E-state index >= 15 is 0 Å². The molecule has 0 radical (unpaired) electrons. The molecular weight excluding hydrogens is 363 g/mol. The van der Waals surface area contributed by atoms with Crippen LogP contribution in [0, 0.1) is 5.82 Å². The Bertz CT molecular complexity index is 1070. The van der Waals surface area contributed by atoms with Gasteiger partial charge in [0.1, 0.15) is 11.6 Å². The summed E-state index contributed by atoms with van der Waals surface area (Å²) in [4.78, 5) is 16.4. The second-order valence-electron chi connectivity index (χ2n) is 5.22. The number of hydrogen-bond acceptors (Lipinski definition) is 8. The average Bonchev–Trinajstić information content (AvgIpc) is 3.29. The number of hydrogen-bond donors (Lipinski definition) is 1. The van der Waals surface area contributed by atoms with E-state index in [1.807, 2.05) is 0 Å². The van der Waals surface area contributed by atoms with E-state index in [0.29, 0.717) is 11.3 Å². The van der Waals surface area contributed by atoms with Gasteiger partial charge in [0.25, 0.3) is 5.89 Å². The number of benzene rings is 1. The van der Waals surface area contributed by atoms with Crippen LogP contribution in [0.15, 0.2) is 45.5 Å². The summed E-state index contributed by atoms with van der Waals surface area (Å²) in [6, 6.07) is 8.05. The molecule has 0 aliphatic carbocycles. The molecule has 0 fully saturated rings. The minimum absolute atomic E-state index is 0.0195. The van der Waals surface area contributed by atoms with Crippen molar-refractivity contribution in [1.29, 1.82) is 0 Å². The Hall–Kier alpha value is -3.33. The Labute approximate surface area is 150 Å². The first-order valence-electron chi connectivity index (χ1n) is 7.41. The zero-order valence-electron chi connectivity index (χ0n) is 13.1. The third-order valence-corrected chi connectivity index (χ3v) is 3.73. The second-order valence-corrected chi connectivity index (χ2v) is 5.63. The maximum absolute atomic E-state index is 14.1. The van der Waals surface area contributed by atoms with E-state index in [1.165, 1.54) is 12.3 Å². The van der Waals surface area contributed by atoms with E-state index < -0.39 is 5.82 Å². The number of nitrogens with two attached hydrogens (primary N) is 1. The molecule has 0 saturated heterocycles. The van der Waals surface area contributed by atoms with Crippen LogP contribution in [-0.2, 0) is 6.42 Å². The van der Waals surface area contributed by atoms with Gasteiger partial charge in [0.2, 0.25) is 17.6 Å². The molecule has 0 aliphatic heterocycles. The lowest BCUT2D eigenvalue weighted by Gasteiger charge is -2.05. The van der Waals surface area contributed by atoms with Gasteiger partial charge in [-0.2, -0.15) is 15.0 Å². The molecule has 10 heteroatoms. The lowest BCUT2D eigenvalue weighted by atomic mass is 10.1. The highest BCUT2D eigenvalue weighted by molar-refractivity contribution is 6.30. The fourth-order valence-corrected chi connectivity index (χ4v) is 2.48. The molecule has 4 aromatic rings. The number of furan rings is 1. The SMILES string of the molecule is Nc1nc(Cc2cccc(Cl)c2F)nc(-c2noc(-c3ccco3)n2)n1. The Morgan fingerprint density at radius 3 is 2.73 bits per heavy atom. The van der Waals surface area contributed by atoms with Gasteiger partial charge in [-0.25, -0.2) is 9.37 Å². The molecule has 1 aromatic carbocycles. The molecule has 26 heavy (non-hydrogen) atoms. The van der Waals surface area contributed by atoms with Gasteiger partial charge >= 0.3 is 0 Å². The van der Waals surface area contributed by atoms with Crippen LogP contribution in [0.5, 0.6) is 0 Å². The molecule has 0 aliphatic rings. The first-order chi connectivity index (χ1) is 12.6. The summed E-state index contributed by atoms with van der Waals surface area (Å²) in [6.45, 7) is 0. The van der Waals surface area contributed by atoms with Crippen LogP contribution in [0.25, 0.3) is 23.3 Å². The smallest absolute Gasteiger partial charge is 0.294 e. The molecule has 3 heterocycles. The number of rotatable bonds is 4. The number of aromatic nitrogens is 5. The fraction of sp³-hybridized carbons (Fsp3) is 0.0625. The van der Waals surface area contributed by atoms with Crippen molar-refractivity contribution < 1.29 is 13.3 Å². The third-order valence-electron chi connectivity index (χ3n) is 3.44. The number of nitrogen functional groups attached to an aromatic ring is 1. The molecule has 0 atom stereocenters. The summed E-state index contributed by atoms with van der Waals surface area (Å²) < 4.78 is 24.4. The average molecular weight is 373 g/mol. The first-order valence-corrected chi connectivity index (χ1v) is 7.79. The third kappa shape index (κ3) is 3.11. The summed E-state index contributed by atoms with van der Waals surface area (Å²) in [5.41, 5.74) is 6.06. The monoisotopic (exact) mass is 372 g/mol. The standard InChI is InChI=1S/C16H10ClFN6O2/c17-9-4-1-3-8(12(9)18)7-11-20-13(23-16(19)21-11)14-22-15(26-24-14)10-5-2-6-25-10/h1-6H,7H2,(H2,19,20,21,23). The van der Waals surface area contributed by atoms with Crippen molar-refractivity contribution in [3.05, 3.63) is 58.8 Å². The van der Waals surface area contributed by atoms with Crippen LogP contribution in [-0.4, -0.2) is 25.1 Å². The van der Waals surface area contributed by atoms with Crippen LogP contribution in [0.4, 0.5) is 10.3 Å². The van der Waals surface area contributed by atoms with Crippen molar-refractivity contribution in [2.45, 2.75) is 6.42 Å². The Morgan fingerprint density at radius 1 is 1.04 bits per heavy atom. The molecule has 0 unspecified atom stereocenters. The fourth-order valence-electron chi connectivity index (χ4n) is 2.29.